The highest BCUT2D eigenvalue weighted by Gasteiger charge is 2.14. The fourth-order valence-electron chi connectivity index (χ4n) is 2.22. The number of nitrogens with one attached hydrogen (secondary N) is 2. The molecule has 7 nitrogen and oxygen atoms in total. The van der Waals surface area contributed by atoms with E-state index in [4.69, 9.17) is 0 Å². The number of non-ortho nitro benzene ring substituents is 1. The van der Waals surface area contributed by atoms with Crippen LogP contribution in [-0.4, -0.2) is 16.7 Å². The molecule has 1 heterocycles. The van der Waals surface area contributed by atoms with E-state index in [2.05, 4.69) is 10.6 Å². The van der Waals surface area contributed by atoms with Gasteiger partial charge in [0.05, 0.1) is 15.5 Å². The molecule has 3 aromatic rings. The van der Waals surface area contributed by atoms with Crippen molar-refractivity contribution in [1.82, 2.24) is 0 Å². The molecular formula is C18H12FN3O4S. The number of nitro groups is 1. The second kappa shape index (κ2) is 7.75. The third-order valence-electron chi connectivity index (χ3n) is 3.56. The zero-order chi connectivity index (χ0) is 19.4. The number of carbonyl (C=O) groups is 2. The van der Waals surface area contributed by atoms with Gasteiger partial charge in [-0.05, 0) is 41.8 Å². The van der Waals surface area contributed by atoms with Crippen molar-refractivity contribution in [3.05, 3.63) is 86.3 Å². The number of amides is 2. The molecule has 0 unspecified atom stereocenters. The Bertz CT molecular complexity index is 1000. The van der Waals surface area contributed by atoms with E-state index in [-0.39, 0.29) is 22.8 Å². The molecule has 2 aromatic carbocycles. The number of rotatable bonds is 5. The van der Waals surface area contributed by atoms with Gasteiger partial charge < -0.3 is 10.6 Å². The van der Waals surface area contributed by atoms with E-state index in [1.165, 1.54) is 35.6 Å². The largest absolute Gasteiger partial charge is 0.321 e. The Morgan fingerprint density at radius 2 is 1.74 bits per heavy atom. The lowest BCUT2D eigenvalue weighted by atomic mass is 10.2. The maximum Gasteiger partial charge on any atom is 0.271 e. The highest BCUT2D eigenvalue weighted by atomic mass is 32.1. The average molecular weight is 385 g/mol. The summed E-state index contributed by atoms with van der Waals surface area (Å²) < 4.78 is 13.8. The van der Waals surface area contributed by atoms with Crippen molar-refractivity contribution >= 4 is 40.2 Å². The van der Waals surface area contributed by atoms with Crippen LogP contribution in [0.15, 0.2) is 60.0 Å². The van der Waals surface area contributed by atoms with Crippen LogP contribution in [0.5, 0.6) is 0 Å². The first-order valence-electron chi connectivity index (χ1n) is 7.64. The molecule has 0 aliphatic heterocycles. The summed E-state index contributed by atoms with van der Waals surface area (Å²) in [6, 6.07) is 12.3. The van der Waals surface area contributed by atoms with Gasteiger partial charge in [-0.25, -0.2) is 4.39 Å². The predicted molar refractivity (Wildman–Crippen MR) is 99.7 cm³/mol. The van der Waals surface area contributed by atoms with E-state index in [0.29, 0.717) is 10.6 Å². The Morgan fingerprint density at radius 3 is 2.37 bits per heavy atom. The zero-order valence-electron chi connectivity index (χ0n) is 13.6. The normalized spacial score (nSPS) is 10.3. The Balaban J connectivity index is 1.70. The number of halogens is 1. The van der Waals surface area contributed by atoms with Gasteiger partial charge in [0.25, 0.3) is 17.5 Å². The van der Waals surface area contributed by atoms with Crippen molar-refractivity contribution < 1.29 is 18.9 Å². The van der Waals surface area contributed by atoms with E-state index in [1.807, 2.05) is 0 Å². The molecule has 27 heavy (non-hydrogen) atoms. The van der Waals surface area contributed by atoms with Crippen LogP contribution in [0.2, 0.25) is 0 Å². The maximum atomic E-state index is 13.8. The van der Waals surface area contributed by atoms with Crippen LogP contribution in [0.1, 0.15) is 20.0 Å². The second-order valence-electron chi connectivity index (χ2n) is 5.38. The standard InChI is InChI=1S/C18H12FN3O4S/c19-14-8-7-13(22(25)26)10-15(14)21-17(23)11-3-5-12(6-4-11)20-18(24)16-2-1-9-27-16/h1-10H,(H,20,24)(H,21,23). The van der Waals surface area contributed by atoms with E-state index in [9.17, 15) is 24.1 Å². The van der Waals surface area contributed by atoms with Crippen LogP contribution in [-0.2, 0) is 0 Å². The van der Waals surface area contributed by atoms with Gasteiger partial charge in [0.1, 0.15) is 5.82 Å². The topological polar surface area (TPSA) is 101 Å². The summed E-state index contributed by atoms with van der Waals surface area (Å²) in [5.41, 5.74) is 0.0733. The molecule has 0 aliphatic rings. The molecule has 136 valence electrons. The fourth-order valence-corrected chi connectivity index (χ4v) is 2.84. The number of hydrogen-bond acceptors (Lipinski definition) is 5. The first-order chi connectivity index (χ1) is 12.9. The van der Waals surface area contributed by atoms with E-state index in [1.54, 1.807) is 17.5 Å². The molecule has 3 rings (SSSR count). The first kappa shape index (κ1) is 18.2. The van der Waals surface area contributed by atoms with Crippen LogP contribution in [0.4, 0.5) is 21.5 Å². The number of anilines is 2. The summed E-state index contributed by atoms with van der Waals surface area (Å²) in [4.78, 5) is 34.9. The summed E-state index contributed by atoms with van der Waals surface area (Å²) in [7, 11) is 0. The molecule has 0 saturated carbocycles. The van der Waals surface area contributed by atoms with Gasteiger partial charge in [-0.15, -0.1) is 11.3 Å². The number of nitrogens with zero attached hydrogens (tertiary/aromatic N) is 1. The van der Waals surface area contributed by atoms with E-state index < -0.39 is 16.6 Å². The minimum absolute atomic E-state index is 0.204. The van der Waals surface area contributed by atoms with Crippen LogP contribution in [0.3, 0.4) is 0 Å². The van der Waals surface area contributed by atoms with Crippen molar-refractivity contribution in [3.63, 3.8) is 0 Å². The first-order valence-corrected chi connectivity index (χ1v) is 8.52. The SMILES string of the molecule is O=C(Nc1cc([N+](=O)[O-])ccc1F)c1ccc(NC(=O)c2cccs2)cc1. The third-order valence-corrected chi connectivity index (χ3v) is 4.43. The number of thiophene rings is 1. The molecule has 2 N–H and O–H groups in total. The summed E-state index contributed by atoms with van der Waals surface area (Å²) in [5, 5.41) is 17.5. The van der Waals surface area contributed by atoms with E-state index >= 15 is 0 Å². The number of hydrogen-bond donors (Lipinski definition) is 2. The highest BCUT2D eigenvalue weighted by molar-refractivity contribution is 7.12. The second-order valence-corrected chi connectivity index (χ2v) is 6.33. The summed E-state index contributed by atoms with van der Waals surface area (Å²) in [6.45, 7) is 0. The molecule has 0 spiro atoms. The lowest BCUT2D eigenvalue weighted by Gasteiger charge is -2.08. The molecule has 0 fully saturated rings. The Labute approximate surface area is 156 Å². The molecule has 2 amide bonds. The van der Waals surface area contributed by atoms with Gasteiger partial charge in [0, 0.05) is 23.4 Å². The van der Waals surface area contributed by atoms with Crippen molar-refractivity contribution in [2.45, 2.75) is 0 Å². The summed E-state index contributed by atoms with van der Waals surface area (Å²) >= 11 is 1.30. The van der Waals surface area contributed by atoms with Gasteiger partial charge >= 0.3 is 0 Å². The predicted octanol–water partition coefficient (Wildman–Crippen LogP) is 4.30. The van der Waals surface area contributed by atoms with Crippen LogP contribution >= 0.6 is 11.3 Å². The molecule has 1 aromatic heterocycles. The van der Waals surface area contributed by atoms with Gasteiger partial charge in [0.2, 0.25) is 0 Å². The van der Waals surface area contributed by atoms with Gasteiger partial charge in [0.15, 0.2) is 0 Å². The number of benzene rings is 2. The lowest BCUT2D eigenvalue weighted by Crippen LogP contribution is -2.14. The monoisotopic (exact) mass is 385 g/mol. The van der Waals surface area contributed by atoms with Crippen molar-refractivity contribution in [1.29, 1.82) is 0 Å². The third kappa shape index (κ3) is 4.33. The molecular weight excluding hydrogens is 373 g/mol. The zero-order valence-corrected chi connectivity index (χ0v) is 14.5. The maximum absolute atomic E-state index is 13.8. The Kier molecular flexibility index (Phi) is 5.23. The number of carbonyl (C=O) groups excluding carboxylic acids is 2. The lowest BCUT2D eigenvalue weighted by molar-refractivity contribution is -0.384. The van der Waals surface area contributed by atoms with E-state index in [0.717, 1.165) is 18.2 Å². The molecule has 0 saturated heterocycles. The van der Waals surface area contributed by atoms with Crippen molar-refractivity contribution in [3.8, 4) is 0 Å². The number of nitro benzene ring substituents is 1. The van der Waals surface area contributed by atoms with Crippen LogP contribution in [0, 0.1) is 15.9 Å². The fraction of sp³-hybridized carbons (Fsp3) is 0. The van der Waals surface area contributed by atoms with Gasteiger partial charge in [-0.2, -0.15) is 0 Å². The summed E-state index contributed by atoms with van der Waals surface area (Å²) in [6.07, 6.45) is 0. The summed E-state index contributed by atoms with van der Waals surface area (Å²) in [5.74, 6) is -1.68. The highest BCUT2D eigenvalue weighted by Crippen LogP contribution is 2.22. The molecule has 0 aliphatic carbocycles. The Hall–Kier alpha value is -3.59. The molecule has 0 radical (unpaired) electrons. The quantitative estimate of drug-likeness (QED) is 0.505. The Morgan fingerprint density at radius 1 is 1.00 bits per heavy atom. The van der Waals surface area contributed by atoms with Gasteiger partial charge in [-0.1, -0.05) is 6.07 Å². The van der Waals surface area contributed by atoms with Crippen molar-refractivity contribution in [2.75, 3.05) is 10.6 Å². The smallest absolute Gasteiger partial charge is 0.271 e. The molecule has 0 bridgehead atoms. The van der Waals surface area contributed by atoms with Crippen molar-refractivity contribution in [2.24, 2.45) is 0 Å². The molecule has 0 atom stereocenters. The van der Waals surface area contributed by atoms with Crippen LogP contribution in [0.25, 0.3) is 0 Å². The minimum atomic E-state index is -0.784. The van der Waals surface area contributed by atoms with Gasteiger partial charge in [-0.3, -0.25) is 19.7 Å². The van der Waals surface area contributed by atoms with Crippen LogP contribution < -0.4 is 10.6 Å². The average Bonchev–Trinajstić information content (AvgIpc) is 3.18. The molecule has 9 heteroatoms. The minimum Gasteiger partial charge on any atom is -0.321 e.